The van der Waals surface area contributed by atoms with Gasteiger partial charge in [0.25, 0.3) is 0 Å². The van der Waals surface area contributed by atoms with Gasteiger partial charge in [0.1, 0.15) is 28.7 Å². The van der Waals surface area contributed by atoms with Crippen LogP contribution in [-0.4, -0.2) is 178 Å². The Kier molecular flexibility index (Phi) is 23.5. The molecule has 0 fully saturated rings. The monoisotopic (exact) mass is 1450 g/mol. The molecule has 8 heterocycles. The van der Waals surface area contributed by atoms with Crippen molar-refractivity contribution in [3.63, 3.8) is 0 Å². The van der Waals surface area contributed by atoms with E-state index in [-0.39, 0.29) is 36.0 Å². The van der Waals surface area contributed by atoms with Crippen LogP contribution in [0.5, 0.6) is 28.7 Å². The maximum atomic E-state index is 13.6. The maximum absolute atomic E-state index is 13.6. The summed E-state index contributed by atoms with van der Waals surface area (Å²) in [4.78, 5) is 76.1. The molecule has 4 N–H and O–H groups in total. The number of benzene rings is 5. The van der Waals surface area contributed by atoms with Gasteiger partial charge < -0.3 is 68.5 Å². The molecule has 105 heavy (non-hydrogen) atoms. The number of ether oxygens (including phenoxy) is 5. The van der Waals surface area contributed by atoms with E-state index in [4.69, 9.17) is 40.4 Å². The van der Waals surface area contributed by atoms with Gasteiger partial charge >= 0.3 is 12.1 Å². The molecule has 550 valence electrons. The average Bonchev–Trinajstić information content (AvgIpc) is 1.60. The summed E-state index contributed by atoms with van der Waals surface area (Å²) in [6.45, 7) is 15.9. The molecule has 6 aromatic heterocycles. The second-order valence-electron chi connectivity index (χ2n) is 25.9. The molecular formula is C78H90ClN15O11. The number of carbonyl (C=O) groups excluding carboxylic acids is 6. The van der Waals surface area contributed by atoms with Gasteiger partial charge in [-0.05, 0) is 167 Å². The number of anilines is 2. The first-order valence-corrected chi connectivity index (χ1v) is 34.5. The summed E-state index contributed by atoms with van der Waals surface area (Å²) in [6.07, 6.45) is 3.69. The number of amides is 4. The Morgan fingerprint density at radius 1 is 0.533 bits per heavy atom. The van der Waals surface area contributed by atoms with Crippen molar-refractivity contribution in [3.05, 3.63) is 159 Å². The molecule has 4 amide bonds. The third kappa shape index (κ3) is 15.4. The van der Waals surface area contributed by atoms with E-state index in [1.807, 2.05) is 139 Å². The van der Waals surface area contributed by atoms with E-state index < -0.39 is 0 Å². The number of rotatable bonds is 19. The summed E-state index contributed by atoms with van der Waals surface area (Å²) < 4.78 is 39.7. The van der Waals surface area contributed by atoms with Gasteiger partial charge in [-0.25, -0.2) is 9.59 Å². The second-order valence-corrected chi connectivity index (χ2v) is 26.3. The third-order valence-corrected chi connectivity index (χ3v) is 19.0. The van der Waals surface area contributed by atoms with Crippen LogP contribution in [0.1, 0.15) is 81.2 Å². The first kappa shape index (κ1) is 76.2. The number of ketones is 2. The zero-order valence-corrected chi connectivity index (χ0v) is 63.4. The van der Waals surface area contributed by atoms with Crippen LogP contribution in [-0.2, 0) is 40.8 Å². The van der Waals surface area contributed by atoms with Gasteiger partial charge in [-0.2, -0.15) is 15.3 Å². The molecule has 0 atom stereocenters. The third-order valence-electron chi connectivity index (χ3n) is 18.8. The molecule has 2 aliphatic heterocycles. The number of nitrogens with zero attached hydrogens (tertiary/aromatic N) is 11. The highest BCUT2D eigenvalue weighted by molar-refractivity contribution is 6.18. The highest BCUT2D eigenvalue weighted by Gasteiger charge is 2.32. The second kappa shape index (κ2) is 32.5. The number of methoxy groups -OCH3 is 3. The number of alkyl halides is 1. The van der Waals surface area contributed by atoms with Gasteiger partial charge in [0.2, 0.25) is 11.6 Å². The molecule has 26 nitrogen and oxygen atoms in total. The number of hydrogen-bond acceptors (Lipinski definition) is 16. The fraction of sp³-hybridized carbons (Fsp3) is 0.321. The molecule has 0 saturated heterocycles. The maximum Gasteiger partial charge on any atom is 0.318 e. The summed E-state index contributed by atoms with van der Waals surface area (Å²) in [6, 6.07) is 27.0. The molecule has 0 aliphatic carbocycles. The van der Waals surface area contributed by atoms with E-state index in [1.54, 1.807) is 57.7 Å². The predicted octanol–water partition coefficient (Wildman–Crippen LogP) is 12.4. The normalized spacial score (nSPS) is 12.5. The zero-order valence-electron chi connectivity index (χ0n) is 62.6. The molecular weight excluding hydrogens is 1360 g/mol. The topological polar surface area (TPSA) is 271 Å². The number of Topliss-reactive ketones (excluding diaryl/α,β-unsaturated/α-hetero) is 2. The van der Waals surface area contributed by atoms with Crippen LogP contribution in [0.2, 0.25) is 0 Å². The average molecular weight is 1450 g/mol. The number of aryl methyl sites for hydroxylation is 7. The van der Waals surface area contributed by atoms with Gasteiger partial charge in [-0.3, -0.25) is 33.2 Å². The fourth-order valence-corrected chi connectivity index (χ4v) is 13.5. The van der Waals surface area contributed by atoms with Gasteiger partial charge in [0, 0.05) is 168 Å². The van der Waals surface area contributed by atoms with E-state index in [0.29, 0.717) is 57.6 Å². The highest BCUT2D eigenvalue weighted by atomic mass is 35.5. The predicted molar refractivity (Wildman–Crippen MR) is 411 cm³/mol. The van der Waals surface area contributed by atoms with Crippen LogP contribution in [0.25, 0.3) is 72.6 Å². The summed E-state index contributed by atoms with van der Waals surface area (Å²) in [5, 5.41) is 26.7. The summed E-state index contributed by atoms with van der Waals surface area (Å²) in [5.74, 6) is 3.56. The summed E-state index contributed by atoms with van der Waals surface area (Å²) in [5.41, 5.74) is 18.8. The fourth-order valence-electron chi connectivity index (χ4n) is 13.3. The largest absolute Gasteiger partial charge is 0.497 e. The molecule has 0 spiro atoms. The lowest BCUT2D eigenvalue weighted by Gasteiger charge is -2.16. The molecule has 2 aliphatic rings. The highest BCUT2D eigenvalue weighted by Crippen LogP contribution is 2.44. The summed E-state index contributed by atoms with van der Waals surface area (Å²) in [7, 11) is 21.9. The quantitative estimate of drug-likeness (QED) is 0.0333. The Morgan fingerprint density at radius 3 is 1.28 bits per heavy atom. The molecule has 0 bridgehead atoms. The molecule has 27 heteroatoms. The van der Waals surface area contributed by atoms with E-state index >= 15 is 0 Å². The lowest BCUT2D eigenvalue weighted by Crippen LogP contribution is -2.24. The lowest BCUT2D eigenvalue weighted by atomic mass is 10.0. The molecule has 0 unspecified atom stereocenters. The standard InChI is InChI=1S/C30H34N6O4.C20H26N4O2.C18H20ClN3O2.C10H10N2O3/c1-17-27(18(2)35(6)33-17)28-22(21-15-20(39-7)9-10-24(21)36(28)13-12-34(4)5)16-26-29(37)23-14-19(32-30(38)31-3)8-11-25(23)40-26;1-13-19(14(2)23(5)21-13)20-17(12-25)16-11-15(26-6)7-8-18(16)24(20)10-9-22(3)4;1-11-17(12(2)21(3)20-11)18-15(10-23)14-9-13(24-4)5-6-16(14)22(18)8-7-19;1-11-10(14)12-6-2-3-9-7(4-6)8(13)5-15-9/h8-11,14-16H,12-13H2,1-7H3,(H2,31,32,38);7-8,11-12H,9-10H2,1-6H3;5-6,9-10H,7-8H2,1-4H3;2-4H,5H2,1H3,(H2,11,12,14)/b26-16-;;;. The molecule has 5 aromatic carbocycles. The van der Waals surface area contributed by atoms with Crippen molar-refractivity contribution >= 4 is 98.0 Å². The van der Waals surface area contributed by atoms with E-state index in [0.717, 1.165) is 162 Å². The first-order chi connectivity index (χ1) is 50.2. The zero-order chi connectivity index (χ0) is 76.0. The van der Waals surface area contributed by atoms with Gasteiger partial charge in [0.05, 0.1) is 66.6 Å². The number of halogens is 1. The van der Waals surface area contributed by atoms with Crippen LogP contribution < -0.4 is 45.0 Å². The lowest BCUT2D eigenvalue weighted by molar-refractivity contribution is 0.0959. The minimum atomic E-state index is -0.367. The van der Waals surface area contributed by atoms with Crippen molar-refractivity contribution in [1.29, 1.82) is 0 Å². The molecule has 0 radical (unpaired) electrons. The molecule has 13 rings (SSSR count). The number of urea groups is 2. The molecule has 11 aromatic rings. The van der Waals surface area contributed by atoms with E-state index in [9.17, 15) is 28.8 Å². The van der Waals surface area contributed by atoms with Crippen LogP contribution >= 0.6 is 11.6 Å². The van der Waals surface area contributed by atoms with Gasteiger partial charge in [-0.1, -0.05) is 0 Å². The number of likely N-dealkylation sites (N-methyl/N-ethyl adjacent to an activating group) is 2. The van der Waals surface area contributed by atoms with Crippen molar-refractivity contribution in [2.45, 2.75) is 61.2 Å². The van der Waals surface area contributed by atoms with Gasteiger partial charge in [0.15, 0.2) is 24.9 Å². The minimum absolute atomic E-state index is 0.0643. The molecule has 0 saturated carbocycles. The van der Waals surface area contributed by atoms with Crippen LogP contribution in [0, 0.1) is 41.5 Å². The van der Waals surface area contributed by atoms with Crippen LogP contribution in [0.15, 0.2) is 96.8 Å². The Morgan fingerprint density at radius 2 is 0.914 bits per heavy atom. The summed E-state index contributed by atoms with van der Waals surface area (Å²) >= 11 is 6.04. The number of nitrogens with one attached hydrogen (secondary N) is 4. The number of aldehydes is 2. The van der Waals surface area contributed by atoms with E-state index in [2.05, 4.69) is 82.1 Å². The van der Waals surface area contributed by atoms with Crippen molar-refractivity contribution in [3.8, 4) is 62.5 Å². The number of hydrogen-bond donors (Lipinski definition) is 4. The van der Waals surface area contributed by atoms with Crippen molar-refractivity contribution < 1.29 is 52.5 Å². The first-order valence-electron chi connectivity index (χ1n) is 34.0. The minimum Gasteiger partial charge on any atom is -0.497 e. The Balaban J connectivity index is 0.000000159. The number of fused-ring (bicyclic) bond motifs is 5. The Bertz CT molecular complexity index is 5220. The van der Waals surface area contributed by atoms with Crippen LogP contribution in [0.3, 0.4) is 0 Å². The van der Waals surface area contributed by atoms with Crippen LogP contribution in [0.4, 0.5) is 21.0 Å². The smallest absolute Gasteiger partial charge is 0.318 e. The van der Waals surface area contributed by atoms with Crippen molar-refractivity contribution in [1.82, 2.24) is 63.5 Å². The Hall–Kier alpha value is -11.5. The number of allylic oxidation sites excluding steroid dienone is 1. The van der Waals surface area contributed by atoms with E-state index in [1.165, 1.54) is 14.1 Å². The van der Waals surface area contributed by atoms with Gasteiger partial charge in [-0.15, -0.1) is 11.6 Å². The Labute approximate surface area is 614 Å². The SMILES string of the molecule is CNC(=O)Nc1ccc2c(c1)C(=O)/C(=C/c1c(-c3c(C)nn(C)c3C)n(CCN(C)C)c3ccc(OC)cc13)O2.CNC(=O)Nc1ccc2c(c1)C(=O)CO2.COc1ccc2c(c1)c(C=O)c(-c1c(C)nn(C)c1C)n2CCCl.COc1ccc2c(c1)c(C=O)c(-c1c(C)nn(C)c1C)n2CCN(C)C. The number of carbonyl (C=O) groups is 6. The number of aromatic nitrogens is 9. The van der Waals surface area contributed by atoms with Crippen molar-refractivity contribution in [2.75, 3.05) is 99.8 Å². The van der Waals surface area contributed by atoms with Crippen molar-refractivity contribution in [2.24, 2.45) is 21.1 Å².